The lowest BCUT2D eigenvalue weighted by Gasteiger charge is -2.05. The summed E-state index contributed by atoms with van der Waals surface area (Å²) in [4.78, 5) is 0. The highest BCUT2D eigenvalue weighted by Crippen LogP contribution is 2.28. The lowest BCUT2D eigenvalue weighted by molar-refractivity contribution is 0.875. The van der Waals surface area contributed by atoms with Crippen LogP contribution < -0.4 is 0 Å². The number of hydrogen-bond donors (Lipinski definition) is 0. The molecule has 0 saturated carbocycles. The van der Waals surface area contributed by atoms with Crippen molar-refractivity contribution in [3.05, 3.63) is 45.6 Å². The van der Waals surface area contributed by atoms with Gasteiger partial charge in [0.1, 0.15) is 0 Å². The normalized spacial score (nSPS) is 10.3. The largest absolute Gasteiger partial charge is 0.240 e. The molecule has 0 aliphatic rings. The third-order valence-corrected chi connectivity index (χ3v) is 3.71. The van der Waals surface area contributed by atoms with Gasteiger partial charge in [-0.3, -0.25) is 0 Å². The highest BCUT2D eigenvalue weighted by atomic mass is 79.9. The number of aromatic nitrogens is 2. The molecule has 0 saturated heterocycles. The van der Waals surface area contributed by atoms with E-state index in [9.17, 15) is 0 Å². The summed E-state index contributed by atoms with van der Waals surface area (Å²) in [6.45, 7) is 0. The number of hydrogen-bond acceptors (Lipinski definition) is 1. The molecule has 2 rings (SSSR count). The molecular formula is C9H6Br2N2. The van der Waals surface area contributed by atoms with Crippen LogP contribution in [0.3, 0.4) is 0 Å². The zero-order valence-corrected chi connectivity index (χ0v) is 9.79. The first-order valence-electron chi connectivity index (χ1n) is 3.73. The van der Waals surface area contributed by atoms with Crippen LogP contribution in [0.1, 0.15) is 0 Å². The van der Waals surface area contributed by atoms with E-state index in [1.54, 1.807) is 6.20 Å². The fraction of sp³-hybridized carbons (Fsp3) is 0. The van der Waals surface area contributed by atoms with Gasteiger partial charge in [-0.1, -0.05) is 6.07 Å². The van der Waals surface area contributed by atoms with Gasteiger partial charge in [0.05, 0.1) is 10.2 Å². The van der Waals surface area contributed by atoms with Crippen LogP contribution in [0.5, 0.6) is 0 Å². The van der Waals surface area contributed by atoms with Gasteiger partial charge in [-0.15, -0.1) is 0 Å². The summed E-state index contributed by atoms with van der Waals surface area (Å²) in [5, 5.41) is 4.15. The van der Waals surface area contributed by atoms with Crippen molar-refractivity contribution >= 4 is 31.9 Å². The number of nitrogens with zero attached hydrogens (tertiary/aromatic N) is 2. The zero-order valence-electron chi connectivity index (χ0n) is 6.61. The van der Waals surface area contributed by atoms with Crippen LogP contribution in [0.15, 0.2) is 45.6 Å². The predicted octanol–water partition coefficient (Wildman–Crippen LogP) is 3.40. The monoisotopic (exact) mass is 300 g/mol. The molecule has 0 aliphatic carbocycles. The SMILES string of the molecule is Brc1cccc(-n2cccn2)c1Br. The smallest absolute Gasteiger partial charge is 0.0798 e. The summed E-state index contributed by atoms with van der Waals surface area (Å²) in [5.41, 5.74) is 1.03. The molecule has 0 fully saturated rings. The van der Waals surface area contributed by atoms with Crippen molar-refractivity contribution in [3.8, 4) is 5.69 Å². The van der Waals surface area contributed by atoms with Crippen LogP contribution in [-0.4, -0.2) is 9.78 Å². The maximum atomic E-state index is 4.15. The second-order valence-electron chi connectivity index (χ2n) is 2.52. The average Bonchev–Trinajstić information content (AvgIpc) is 2.62. The molecule has 1 aromatic carbocycles. The van der Waals surface area contributed by atoms with Crippen molar-refractivity contribution < 1.29 is 0 Å². The Kier molecular flexibility index (Phi) is 2.51. The molecular weight excluding hydrogens is 296 g/mol. The van der Waals surface area contributed by atoms with Gasteiger partial charge in [0.15, 0.2) is 0 Å². The van der Waals surface area contributed by atoms with Crippen molar-refractivity contribution in [2.24, 2.45) is 0 Å². The molecule has 0 spiro atoms. The molecule has 0 radical (unpaired) electrons. The third kappa shape index (κ3) is 1.69. The van der Waals surface area contributed by atoms with E-state index < -0.39 is 0 Å². The Hall–Kier alpha value is -0.610. The maximum Gasteiger partial charge on any atom is 0.0798 e. The Labute approximate surface area is 92.8 Å². The molecule has 13 heavy (non-hydrogen) atoms. The van der Waals surface area contributed by atoms with Crippen LogP contribution in [0, 0.1) is 0 Å². The number of halogens is 2. The fourth-order valence-corrected chi connectivity index (χ4v) is 1.88. The van der Waals surface area contributed by atoms with Crippen molar-refractivity contribution in [1.29, 1.82) is 0 Å². The van der Waals surface area contributed by atoms with Gasteiger partial charge >= 0.3 is 0 Å². The van der Waals surface area contributed by atoms with Gasteiger partial charge in [0.2, 0.25) is 0 Å². The molecule has 2 aromatic rings. The number of rotatable bonds is 1. The minimum Gasteiger partial charge on any atom is -0.240 e. The maximum absolute atomic E-state index is 4.15. The van der Waals surface area contributed by atoms with Crippen molar-refractivity contribution in [3.63, 3.8) is 0 Å². The second kappa shape index (κ2) is 3.64. The van der Waals surface area contributed by atoms with Gasteiger partial charge in [-0.2, -0.15) is 5.10 Å². The number of benzene rings is 1. The van der Waals surface area contributed by atoms with Gasteiger partial charge in [0, 0.05) is 16.9 Å². The van der Waals surface area contributed by atoms with E-state index in [-0.39, 0.29) is 0 Å². The van der Waals surface area contributed by atoms with E-state index in [0.717, 1.165) is 14.6 Å². The molecule has 4 heteroatoms. The molecule has 1 heterocycles. The van der Waals surface area contributed by atoms with E-state index in [1.807, 2.05) is 35.1 Å². The lowest BCUT2D eigenvalue weighted by Crippen LogP contribution is -1.95. The van der Waals surface area contributed by atoms with Crippen LogP contribution in [-0.2, 0) is 0 Å². The molecule has 0 bridgehead atoms. The topological polar surface area (TPSA) is 17.8 Å². The average molecular weight is 302 g/mol. The first kappa shape index (κ1) is 8.97. The molecule has 0 amide bonds. The molecule has 0 aliphatic heterocycles. The minimum absolute atomic E-state index is 1.01. The molecule has 0 atom stereocenters. The van der Waals surface area contributed by atoms with E-state index >= 15 is 0 Å². The van der Waals surface area contributed by atoms with Gasteiger partial charge < -0.3 is 0 Å². The van der Waals surface area contributed by atoms with Crippen LogP contribution in [0.2, 0.25) is 0 Å². The predicted molar refractivity (Wildman–Crippen MR) is 59.0 cm³/mol. The molecule has 0 unspecified atom stereocenters. The third-order valence-electron chi connectivity index (χ3n) is 1.68. The second-order valence-corrected chi connectivity index (χ2v) is 4.17. The van der Waals surface area contributed by atoms with Crippen LogP contribution in [0.4, 0.5) is 0 Å². The summed E-state index contributed by atoms with van der Waals surface area (Å²) >= 11 is 6.94. The molecule has 2 nitrogen and oxygen atoms in total. The Balaban J connectivity index is 2.59. The van der Waals surface area contributed by atoms with E-state index in [1.165, 1.54) is 0 Å². The Morgan fingerprint density at radius 2 is 2.00 bits per heavy atom. The Morgan fingerprint density at radius 1 is 1.15 bits per heavy atom. The molecule has 0 N–H and O–H groups in total. The zero-order chi connectivity index (χ0) is 9.26. The highest BCUT2D eigenvalue weighted by molar-refractivity contribution is 9.13. The summed E-state index contributed by atoms with van der Waals surface area (Å²) < 4.78 is 3.86. The first-order valence-corrected chi connectivity index (χ1v) is 5.31. The van der Waals surface area contributed by atoms with E-state index in [4.69, 9.17) is 0 Å². The highest BCUT2D eigenvalue weighted by Gasteiger charge is 2.04. The standard InChI is InChI=1S/C9H6Br2N2/c10-7-3-1-4-8(9(7)11)13-6-2-5-12-13/h1-6H. The van der Waals surface area contributed by atoms with Gasteiger partial charge in [-0.25, -0.2) is 4.68 Å². The van der Waals surface area contributed by atoms with Crippen molar-refractivity contribution in [1.82, 2.24) is 9.78 Å². The quantitative estimate of drug-likeness (QED) is 0.789. The van der Waals surface area contributed by atoms with Gasteiger partial charge in [0.25, 0.3) is 0 Å². The van der Waals surface area contributed by atoms with Crippen LogP contribution >= 0.6 is 31.9 Å². The summed E-state index contributed by atoms with van der Waals surface area (Å²) in [7, 11) is 0. The first-order chi connectivity index (χ1) is 6.29. The van der Waals surface area contributed by atoms with Crippen molar-refractivity contribution in [2.75, 3.05) is 0 Å². The summed E-state index contributed by atoms with van der Waals surface area (Å²) in [6.07, 6.45) is 3.67. The molecule has 1 aromatic heterocycles. The summed E-state index contributed by atoms with van der Waals surface area (Å²) in [6, 6.07) is 7.86. The van der Waals surface area contributed by atoms with E-state index in [2.05, 4.69) is 37.0 Å². The summed E-state index contributed by atoms with van der Waals surface area (Å²) in [5.74, 6) is 0. The van der Waals surface area contributed by atoms with Crippen LogP contribution in [0.25, 0.3) is 5.69 Å². The van der Waals surface area contributed by atoms with E-state index in [0.29, 0.717) is 0 Å². The van der Waals surface area contributed by atoms with Crippen molar-refractivity contribution in [2.45, 2.75) is 0 Å². The fourth-order valence-electron chi connectivity index (χ4n) is 1.08. The van der Waals surface area contributed by atoms with Gasteiger partial charge in [-0.05, 0) is 50.1 Å². The Morgan fingerprint density at radius 3 is 2.69 bits per heavy atom. The Bertz CT molecular complexity index is 410. The molecule has 66 valence electrons. The lowest BCUT2D eigenvalue weighted by atomic mass is 10.3. The minimum atomic E-state index is 1.01.